The van der Waals surface area contributed by atoms with Crippen LogP contribution < -0.4 is 10.6 Å². The molecule has 7 heteroatoms. The van der Waals surface area contributed by atoms with Crippen molar-refractivity contribution in [2.75, 3.05) is 30.5 Å². The second kappa shape index (κ2) is 5.95. The minimum atomic E-state index is -3.14. The Bertz CT molecular complexity index is 568. The molecule has 0 fully saturated rings. The molecular weight excluding hydrogens is 276 g/mol. The summed E-state index contributed by atoms with van der Waals surface area (Å²) in [6, 6.07) is 0. The monoisotopic (exact) mass is 300 g/mol. The van der Waals surface area contributed by atoms with E-state index in [2.05, 4.69) is 20.6 Å². The topological polar surface area (TPSA) is 84.0 Å². The van der Waals surface area contributed by atoms with Gasteiger partial charge < -0.3 is 10.6 Å². The Morgan fingerprint density at radius 1 is 1.25 bits per heavy atom. The van der Waals surface area contributed by atoms with Gasteiger partial charge in [-0.3, -0.25) is 0 Å². The van der Waals surface area contributed by atoms with E-state index < -0.39 is 14.6 Å². The molecule has 114 valence electrons. The first-order chi connectivity index (χ1) is 9.10. The van der Waals surface area contributed by atoms with Crippen molar-refractivity contribution in [3.63, 3.8) is 0 Å². The summed E-state index contributed by atoms with van der Waals surface area (Å²) in [6.45, 7) is 7.79. The van der Waals surface area contributed by atoms with Crippen LogP contribution in [0.2, 0.25) is 0 Å². The van der Waals surface area contributed by atoms with E-state index in [4.69, 9.17) is 0 Å². The molecular formula is C13H24N4O2S. The summed E-state index contributed by atoms with van der Waals surface area (Å²) >= 11 is 0. The lowest BCUT2D eigenvalue weighted by molar-refractivity contribution is 0.559. The van der Waals surface area contributed by atoms with Gasteiger partial charge in [0.05, 0.1) is 4.75 Å². The van der Waals surface area contributed by atoms with E-state index in [9.17, 15) is 8.42 Å². The van der Waals surface area contributed by atoms with E-state index in [1.807, 2.05) is 13.8 Å². The van der Waals surface area contributed by atoms with Gasteiger partial charge in [-0.25, -0.2) is 18.4 Å². The zero-order chi connectivity index (χ0) is 15.6. The maximum absolute atomic E-state index is 11.7. The minimum Gasteiger partial charge on any atom is -0.373 e. The molecule has 0 aliphatic carbocycles. The van der Waals surface area contributed by atoms with Crippen molar-refractivity contribution < 1.29 is 8.42 Å². The zero-order valence-electron chi connectivity index (χ0n) is 13.0. The number of rotatable bonds is 6. The first kappa shape index (κ1) is 16.7. The number of nitrogens with one attached hydrogen (secondary N) is 2. The highest BCUT2D eigenvalue weighted by Crippen LogP contribution is 2.28. The average molecular weight is 300 g/mol. The Morgan fingerprint density at radius 3 is 2.25 bits per heavy atom. The molecule has 1 aromatic heterocycles. The van der Waals surface area contributed by atoms with E-state index in [1.165, 1.54) is 12.6 Å². The number of anilines is 2. The summed E-state index contributed by atoms with van der Waals surface area (Å²) in [4.78, 5) is 8.43. The highest BCUT2D eigenvalue weighted by Gasteiger charge is 2.30. The fourth-order valence-corrected chi connectivity index (χ4v) is 2.04. The summed E-state index contributed by atoms with van der Waals surface area (Å²) in [5.74, 6) is 1.66. The van der Waals surface area contributed by atoms with Crippen LogP contribution in [-0.4, -0.2) is 43.0 Å². The molecule has 2 N–H and O–H groups in total. The summed E-state index contributed by atoms with van der Waals surface area (Å²) in [7, 11) is -1.34. The molecule has 0 aromatic carbocycles. The SMILES string of the molecule is CNc1ncnc(NCC(C)(C)S(C)(=O)=O)c1C(C)C. The predicted octanol–water partition coefficient (Wildman–Crippen LogP) is 1.88. The molecule has 0 amide bonds. The third-order valence-corrected chi connectivity index (χ3v) is 5.54. The van der Waals surface area contributed by atoms with Crippen LogP contribution in [0.15, 0.2) is 6.33 Å². The third-order valence-electron chi connectivity index (χ3n) is 3.38. The Hall–Kier alpha value is -1.37. The molecule has 0 aliphatic heterocycles. The molecule has 0 aliphatic rings. The molecule has 1 heterocycles. The van der Waals surface area contributed by atoms with Crippen LogP contribution >= 0.6 is 0 Å². The van der Waals surface area contributed by atoms with Crippen molar-refractivity contribution >= 4 is 21.5 Å². The quantitative estimate of drug-likeness (QED) is 0.834. The van der Waals surface area contributed by atoms with Crippen molar-refractivity contribution in [1.29, 1.82) is 0 Å². The smallest absolute Gasteiger partial charge is 0.154 e. The largest absolute Gasteiger partial charge is 0.373 e. The van der Waals surface area contributed by atoms with Gasteiger partial charge in [-0.1, -0.05) is 13.8 Å². The average Bonchev–Trinajstić information content (AvgIpc) is 2.34. The fourth-order valence-electron chi connectivity index (χ4n) is 1.71. The molecule has 0 spiro atoms. The molecule has 0 radical (unpaired) electrons. The van der Waals surface area contributed by atoms with Gasteiger partial charge in [0.25, 0.3) is 0 Å². The molecule has 0 bridgehead atoms. The van der Waals surface area contributed by atoms with Crippen LogP contribution in [0, 0.1) is 0 Å². The predicted molar refractivity (Wildman–Crippen MR) is 83.1 cm³/mol. The lowest BCUT2D eigenvalue weighted by atomic mass is 10.0. The molecule has 6 nitrogen and oxygen atoms in total. The summed E-state index contributed by atoms with van der Waals surface area (Å²) in [6.07, 6.45) is 2.71. The Labute approximate surface area is 121 Å². The first-order valence-corrected chi connectivity index (χ1v) is 8.45. The molecule has 0 atom stereocenters. The zero-order valence-corrected chi connectivity index (χ0v) is 13.8. The van der Waals surface area contributed by atoms with E-state index in [0.717, 1.165) is 11.4 Å². The number of hydrogen-bond acceptors (Lipinski definition) is 6. The van der Waals surface area contributed by atoms with E-state index in [-0.39, 0.29) is 5.92 Å². The van der Waals surface area contributed by atoms with Gasteiger partial charge in [0, 0.05) is 25.4 Å². The summed E-state index contributed by atoms with van der Waals surface area (Å²) < 4.78 is 22.6. The van der Waals surface area contributed by atoms with Gasteiger partial charge in [-0.15, -0.1) is 0 Å². The lowest BCUT2D eigenvalue weighted by Gasteiger charge is -2.24. The van der Waals surface area contributed by atoms with Crippen molar-refractivity contribution in [1.82, 2.24) is 9.97 Å². The first-order valence-electron chi connectivity index (χ1n) is 6.56. The van der Waals surface area contributed by atoms with Gasteiger partial charge in [0.2, 0.25) is 0 Å². The standard InChI is InChI=1S/C13H24N4O2S/c1-9(2)10-11(14-5)16-8-17-12(10)15-7-13(3,4)20(6,18)19/h8-9H,7H2,1-6H3,(H2,14,15,16,17). The van der Waals surface area contributed by atoms with Crippen LogP contribution in [0.3, 0.4) is 0 Å². The molecule has 20 heavy (non-hydrogen) atoms. The fraction of sp³-hybridized carbons (Fsp3) is 0.692. The van der Waals surface area contributed by atoms with Crippen molar-refractivity contribution in [3.8, 4) is 0 Å². The van der Waals surface area contributed by atoms with E-state index in [0.29, 0.717) is 12.4 Å². The highest BCUT2D eigenvalue weighted by atomic mass is 32.2. The molecule has 1 rings (SSSR count). The second-order valence-corrected chi connectivity index (χ2v) is 8.42. The summed E-state index contributed by atoms with van der Waals surface area (Å²) in [5.41, 5.74) is 0.958. The number of hydrogen-bond donors (Lipinski definition) is 2. The number of aromatic nitrogens is 2. The van der Waals surface area contributed by atoms with Gasteiger partial charge in [0.15, 0.2) is 9.84 Å². The van der Waals surface area contributed by atoms with Crippen molar-refractivity contribution in [3.05, 3.63) is 11.9 Å². The Kier molecular flexibility index (Phi) is 4.96. The van der Waals surface area contributed by atoms with Gasteiger partial charge in [-0.2, -0.15) is 0 Å². The third kappa shape index (κ3) is 3.59. The normalized spacial score (nSPS) is 12.6. The van der Waals surface area contributed by atoms with E-state index in [1.54, 1.807) is 20.9 Å². The molecule has 0 unspecified atom stereocenters. The number of nitrogens with zero attached hydrogens (tertiary/aromatic N) is 2. The maximum Gasteiger partial charge on any atom is 0.154 e. The molecule has 1 aromatic rings. The van der Waals surface area contributed by atoms with Crippen LogP contribution in [0.25, 0.3) is 0 Å². The molecule has 0 saturated heterocycles. The van der Waals surface area contributed by atoms with Crippen LogP contribution in [-0.2, 0) is 9.84 Å². The maximum atomic E-state index is 11.7. The Balaban J connectivity index is 3.05. The summed E-state index contributed by atoms with van der Waals surface area (Å²) in [5, 5.41) is 6.18. The van der Waals surface area contributed by atoms with Crippen LogP contribution in [0.1, 0.15) is 39.2 Å². The molecule has 0 saturated carbocycles. The highest BCUT2D eigenvalue weighted by molar-refractivity contribution is 7.92. The van der Waals surface area contributed by atoms with Crippen LogP contribution in [0.4, 0.5) is 11.6 Å². The van der Waals surface area contributed by atoms with Crippen molar-refractivity contribution in [2.24, 2.45) is 0 Å². The Morgan fingerprint density at radius 2 is 1.80 bits per heavy atom. The van der Waals surface area contributed by atoms with Gasteiger partial charge in [0.1, 0.15) is 18.0 Å². The lowest BCUT2D eigenvalue weighted by Crippen LogP contribution is -2.38. The number of sulfone groups is 1. The van der Waals surface area contributed by atoms with Crippen molar-refractivity contribution in [2.45, 2.75) is 38.4 Å². The van der Waals surface area contributed by atoms with Gasteiger partial charge in [-0.05, 0) is 19.8 Å². The van der Waals surface area contributed by atoms with Crippen LogP contribution in [0.5, 0.6) is 0 Å². The van der Waals surface area contributed by atoms with Gasteiger partial charge >= 0.3 is 0 Å². The van der Waals surface area contributed by atoms with E-state index >= 15 is 0 Å². The minimum absolute atomic E-state index is 0.225. The second-order valence-electron chi connectivity index (χ2n) is 5.77.